The zero-order valence-electron chi connectivity index (χ0n) is 16.6. The quantitative estimate of drug-likeness (QED) is 0.292. The van der Waals surface area contributed by atoms with Gasteiger partial charge in [0.1, 0.15) is 12.6 Å². The van der Waals surface area contributed by atoms with Crippen molar-refractivity contribution in [3.8, 4) is 0 Å². The Balaban J connectivity index is 1.62. The Labute approximate surface area is 211 Å². The molecule has 1 saturated heterocycles. The first-order valence-electron chi connectivity index (χ1n) is 10.0. The molecule has 6 rings (SSSR count). The number of rotatable bonds is 5. The number of carbonyl (C=O) groups is 3. The van der Waals surface area contributed by atoms with Crippen LogP contribution in [-0.2, 0) is 27.8 Å². The number of benzene rings is 2. The number of esters is 1. The molecule has 1 fully saturated rings. The number of likely N-dealkylation sites (tertiary alicyclic amines) is 1. The molecule has 166 valence electrons. The first-order chi connectivity index (χ1) is 15.3. The number of hydrogen-bond acceptors (Lipinski definition) is 4. The Morgan fingerprint density at radius 3 is 1.59 bits per heavy atom. The van der Waals surface area contributed by atoms with E-state index in [0.29, 0.717) is 0 Å². The molecule has 2 atom stereocenters. The fraction of sp³-hybridized carbons (Fsp3) is 0.348. The second-order valence-corrected chi connectivity index (χ2v) is 11.3. The molecule has 0 spiro atoms. The summed E-state index contributed by atoms with van der Waals surface area (Å²) in [6.07, 6.45) is -0.685. The van der Waals surface area contributed by atoms with Crippen molar-refractivity contribution in [2.45, 2.75) is 14.8 Å². The maximum Gasteiger partial charge on any atom is 0.326 e. The summed E-state index contributed by atoms with van der Waals surface area (Å²) in [4.78, 5) is 40.8. The molecule has 2 bridgehead atoms. The van der Waals surface area contributed by atoms with E-state index in [9.17, 15) is 14.4 Å². The zero-order chi connectivity index (χ0) is 22.8. The third-order valence-corrected chi connectivity index (χ3v) is 9.99. The van der Waals surface area contributed by atoms with Gasteiger partial charge < -0.3 is 4.74 Å². The van der Waals surface area contributed by atoms with Crippen LogP contribution in [-0.4, -0.2) is 47.1 Å². The highest BCUT2D eigenvalue weighted by atomic mass is 79.9. The number of alkyl halides is 4. The Hall–Kier alpha value is -1.41. The molecular formula is C23H17Br2Cl2NO4. The first kappa shape index (κ1) is 22.4. The monoisotopic (exact) mass is 599 g/mol. The van der Waals surface area contributed by atoms with E-state index in [1.807, 2.05) is 48.5 Å². The smallest absolute Gasteiger partial charge is 0.326 e. The highest BCUT2D eigenvalue weighted by Crippen LogP contribution is 2.70. The van der Waals surface area contributed by atoms with Gasteiger partial charge in [0, 0.05) is 0 Å². The first-order valence-corrected chi connectivity index (χ1v) is 12.7. The molecule has 5 nitrogen and oxygen atoms in total. The van der Waals surface area contributed by atoms with Crippen LogP contribution in [0.25, 0.3) is 0 Å². The van der Waals surface area contributed by atoms with E-state index in [1.165, 1.54) is 0 Å². The van der Waals surface area contributed by atoms with Crippen molar-refractivity contribution in [1.82, 2.24) is 4.90 Å². The average Bonchev–Trinajstić information content (AvgIpc) is 3.06. The molecule has 0 N–H and O–H groups in total. The van der Waals surface area contributed by atoms with Crippen LogP contribution in [0.1, 0.15) is 22.3 Å². The summed E-state index contributed by atoms with van der Waals surface area (Å²) in [5, 5.41) is 0. The number of imide groups is 1. The van der Waals surface area contributed by atoms with Crippen LogP contribution in [0.3, 0.4) is 0 Å². The zero-order valence-corrected chi connectivity index (χ0v) is 21.2. The van der Waals surface area contributed by atoms with E-state index in [2.05, 4.69) is 31.9 Å². The Morgan fingerprint density at radius 1 is 0.875 bits per heavy atom. The molecule has 0 aromatic heterocycles. The standard InChI is InChI=1S/C23H17Br2Cl2NO4/c24-22-13-5-1-2-6-14(13)23(25,16-8-4-3-7-15(16)22)19-18(22)20(30)28(21(19)31)11-17(29)32-12(9-26)10-27/h1-8,12,18-19H,9-11H2/t18-,19-,22?,23?/m1/s1. The van der Waals surface area contributed by atoms with Crippen molar-refractivity contribution in [2.24, 2.45) is 11.8 Å². The number of hydrogen-bond donors (Lipinski definition) is 0. The third kappa shape index (κ3) is 2.77. The molecule has 32 heavy (non-hydrogen) atoms. The predicted octanol–water partition coefficient (Wildman–Crippen LogP) is 4.28. The lowest BCUT2D eigenvalue weighted by Gasteiger charge is -2.55. The number of nitrogens with zero attached hydrogens (tertiary/aromatic N) is 1. The lowest BCUT2D eigenvalue weighted by Crippen LogP contribution is -2.56. The maximum atomic E-state index is 13.7. The molecule has 2 aromatic carbocycles. The summed E-state index contributed by atoms with van der Waals surface area (Å²) in [6.45, 7) is -0.478. The molecule has 2 amide bonds. The molecule has 4 aliphatic rings. The van der Waals surface area contributed by atoms with Crippen LogP contribution >= 0.6 is 55.1 Å². The number of halogens is 4. The van der Waals surface area contributed by atoms with E-state index >= 15 is 0 Å². The van der Waals surface area contributed by atoms with Gasteiger partial charge in [-0.1, -0.05) is 80.4 Å². The minimum atomic E-state index is -0.888. The van der Waals surface area contributed by atoms with Gasteiger partial charge in [0.15, 0.2) is 0 Å². The van der Waals surface area contributed by atoms with E-state index in [1.54, 1.807) is 0 Å². The third-order valence-electron chi connectivity index (χ3n) is 6.61. The second-order valence-electron chi connectivity index (χ2n) is 8.15. The highest BCUT2D eigenvalue weighted by Gasteiger charge is 2.72. The van der Waals surface area contributed by atoms with Gasteiger partial charge in [-0.25, -0.2) is 0 Å². The van der Waals surface area contributed by atoms with Crippen LogP contribution in [0.15, 0.2) is 48.5 Å². The van der Waals surface area contributed by atoms with Crippen LogP contribution in [0.5, 0.6) is 0 Å². The Morgan fingerprint density at radius 2 is 1.25 bits per heavy atom. The Kier molecular flexibility index (Phi) is 5.48. The molecule has 0 unspecified atom stereocenters. The van der Waals surface area contributed by atoms with Crippen molar-refractivity contribution >= 4 is 72.8 Å². The van der Waals surface area contributed by atoms with Crippen molar-refractivity contribution in [3.63, 3.8) is 0 Å². The summed E-state index contributed by atoms with van der Waals surface area (Å²) in [5.41, 5.74) is 3.75. The normalized spacial score (nSPS) is 29.7. The SMILES string of the molecule is O=C(CN1C(=O)[C@H]2[C@H](C1=O)C1(Br)c3ccccc3C2(Br)c2ccccc21)OC(CCl)CCl. The van der Waals surface area contributed by atoms with Gasteiger partial charge in [-0.15, -0.1) is 23.2 Å². The minimum Gasteiger partial charge on any atom is -0.458 e. The van der Waals surface area contributed by atoms with Crippen molar-refractivity contribution in [3.05, 3.63) is 70.8 Å². The summed E-state index contributed by atoms with van der Waals surface area (Å²) in [5.74, 6) is -2.91. The highest BCUT2D eigenvalue weighted by molar-refractivity contribution is 9.10. The van der Waals surface area contributed by atoms with Gasteiger partial charge in [-0.05, 0) is 22.3 Å². The summed E-state index contributed by atoms with van der Waals surface area (Å²) in [6, 6.07) is 15.6. The summed E-state index contributed by atoms with van der Waals surface area (Å²) in [7, 11) is 0. The minimum absolute atomic E-state index is 0.0298. The van der Waals surface area contributed by atoms with E-state index in [0.717, 1.165) is 27.2 Å². The molecular weight excluding hydrogens is 585 g/mol. The van der Waals surface area contributed by atoms with E-state index in [-0.39, 0.29) is 11.8 Å². The predicted molar refractivity (Wildman–Crippen MR) is 127 cm³/mol. The fourth-order valence-electron chi connectivity index (χ4n) is 5.34. The van der Waals surface area contributed by atoms with E-state index in [4.69, 9.17) is 27.9 Å². The molecule has 0 radical (unpaired) electrons. The van der Waals surface area contributed by atoms with Gasteiger partial charge in [0.25, 0.3) is 0 Å². The summed E-state index contributed by atoms with van der Waals surface area (Å²) >= 11 is 19.3. The van der Waals surface area contributed by atoms with Crippen LogP contribution in [0.4, 0.5) is 0 Å². The van der Waals surface area contributed by atoms with Gasteiger partial charge in [-0.3, -0.25) is 19.3 Å². The van der Waals surface area contributed by atoms with Gasteiger partial charge in [0.2, 0.25) is 11.8 Å². The van der Waals surface area contributed by atoms with E-state index < -0.39 is 50.9 Å². The van der Waals surface area contributed by atoms with Crippen molar-refractivity contribution in [1.29, 1.82) is 0 Å². The lowest BCUT2D eigenvalue weighted by atomic mass is 9.54. The number of ether oxygens (including phenoxy) is 1. The van der Waals surface area contributed by atoms with Gasteiger partial charge in [-0.2, -0.15) is 0 Å². The molecule has 1 aliphatic heterocycles. The van der Waals surface area contributed by atoms with Crippen LogP contribution in [0.2, 0.25) is 0 Å². The molecule has 2 aromatic rings. The topological polar surface area (TPSA) is 63.7 Å². The molecule has 0 saturated carbocycles. The van der Waals surface area contributed by atoms with Gasteiger partial charge in [0.05, 0.1) is 32.2 Å². The van der Waals surface area contributed by atoms with Crippen molar-refractivity contribution in [2.75, 3.05) is 18.3 Å². The number of amides is 2. The Bertz CT molecular complexity index is 1030. The molecule has 9 heteroatoms. The second kappa shape index (κ2) is 7.83. The molecule has 1 heterocycles. The summed E-state index contributed by atoms with van der Waals surface area (Å²) < 4.78 is 3.46. The fourth-order valence-corrected chi connectivity index (χ4v) is 8.10. The van der Waals surface area contributed by atoms with Crippen LogP contribution in [0, 0.1) is 11.8 Å². The maximum absolute atomic E-state index is 13.7. The van der Waals surface area contributed by atoms with Gasteiger partial charge >= 0.3 is 5.97 Å². The number of carbonyl (C=O) groups excluding carboxylic acids is 3. The largest absolute Gasteiger partial charge is 0.458 e. The molecule has 3 aliphatic carbocycles. The van der Waals surface area contributed by atoms with Crippen LogP contribution < -0.4 is 0 Å². The lowest BCUT2D eigenvalue weighted by molar-refractivity contribution is -0.155. The average molecular weight is 602 g/mol. The van der Waals surface area contributed by atoms with Crippen molar-refractivity contribution < 1.29 is 19.1 Å².